The topological polar surface area (TPSA) is 84.0 Å². The van der Waals surface area contributed by atoms with Crippen LogP contribution in [0.2, 0.25) is 0 Å². The Morgan fingerprint density at radius 3 is 2.00 bits per heavy atom. The van der Waals surface area contributed by atoms with E-state index in [0.717, 1.165) is 0 Å². The van der Waals surface area contributed by atoms with Crippen molar-refractivity contribution in [3.05, 3.63) is 66.0 Å². The van der Waals surface area contributed by atoms with Crippen LogP contribution in [0.25, 0.3) is 0 Å². The highest BCUT2D eigenvalue weighted by Crippen LogP contribution is 2.31. The third-order valence-corrected chi connectivity index (χ3v) is 4.39. The van der Waals surface area contributed by atoms with E-state index in [9.17, 15) is 9.59 Å². The van der Waals surface area contributed by atoms with Crippen molar-refractivity contribution in [3.63, 3.8) is 0 Å². The maximum Gasteiger partial charge on any atom is 0.340 e. The van der Waals surface area contributed by atoms with Gasteiger partial charge < -0.3 is 18.9 Å². The largest absolute Gasteiger partial charge is 0.453 e. The summed E-state index contributed by atoms with van der Waals surface area (Å²) in [6.45, 7) is 0.398. The summed E-state index contributed by atoms with van der Waals surface area (Å²) < 4.78 is 22.4. The number of fused-ring (bicyclic) bond motifs is 1. The molecule has 1 aromatic carbocycles. The van der Waals surface area contributed by atoms with Crippen molar-refractivity contribution in [2.24, 2.45) is 0 Å². The molecule has 0 saturated carbocycles. The number of pyridine rings is 1. The maximum atomic E-state index is 12.2. The van der Waals surface area contributed by atoms with E-state index in [-0.39, 0.29) is 13.2 Å². The Balaban J connectivity index is 1.37. The lowest BCUT2D eigenvalue weighted by atomic mass is 10.1. The number of hydrogen-bond acceptors (Lipinski definition) is 7. The summed E-state index contributed by atoms with van der Waals surface area (Å²) in [6, 6.07) is 12.0. The summed E-state index contributed by atoms with van der Waals surface area (Å²) in [4.78, 5) is 28.3. The van der Waals surface area contributed by atoms with Crippen molar-refractivity contribution < 1.29 is 28.5 Å². The van der Waals surface area contributed by atoms with Crippen LogP contribution in [-0.2, 0) is 18.9 Å². The van der Waals surface area contributed by atoms with Gasteiger partial charge in [-0.1, -0.05) is 18.2 Å². The van der Waals surface area contributed by atoms with Gasteiger partial charge in [0.25, 0.3) is 0 Å². The highest BCUT2D eigenvalue weighted by molar-refractivity contribution is 5.89. The van der Waals surface area contributed by atoms with Gasteiger partial charge in [-0.25, -0.2) is 9.59 Å². The van der Waals surface area contributed by atoms with E-state index in [1.165, 1.54) is 6.20 Å². The second-order valence-corrected chi connectivity index (χ2v) is 6.09. The Morgan fingerprint density at radius 1 is 0.846 bits per heavy atom. The summed E-state index contributed by atoms with van der Waals surface area (Å²) >= 11 is 0. The number of rotatable bonds is 4. The quantitative estimate of drug-likeness (QED) is 0.771. The highest BCUT2D eigenvalue weighted by atomic mass is 16.7. The van der Waals surface area contributed by atoms with Gasteiger partial charge in [0, 0.05) is 12.4 Å². The molecule has 3 heterocycles. The van der Waals surface area contributed by atoms with Crippen molar-refractivity contribution in [2.45, 2.75) is 24.4 Å². The lowest BCUT2D eigenvalue weighted by molar-refractivity contribution is -0.0287. The SMILES string of the molecule is O=C(O[C@H]1COC2C1OC[C@H]2OC(=O)c1cccnc1)c1ccccc1. The Hall–Kier alpha value is -2.77. The van der Waals surface area contributed by atoms with Crippen LogP contribution in [-0.4, -0.2) is 54.6 Å². The molecule has 134 valence electrons. The van der Waals surface area contributed by atoms with Crippen molar-refractivity contribution >= 4 is 11.9 Å². The van der Waals surface area contributed by atoms with Gasteiger partial charge in [-0.3, -0.25) is 4.98 Å². The standard InChI is InChI=1S/C19H17NO6/c21-18(12-5-2-1-3-6-12)25-14-10-23-17-15(11-24-16(14)17)26-19(22)13-7-4-8-20-9-13/h1-9,14-17H,10-11H2/t14-,15+,16?,17?/m0/s1. The van der Waals surface area contributed by atoms with Gasteiger partial charge in [0.2, 0.25) is 0 Å². The smallest absolute Gasteiger partial charge is 0.340 e. The molecule has 4 atom stereocenters. The molecule has 2 aromatic rings. The molecule has 7 heteroatoms. The number of hydrogen-bond donors (Lipinski definition) is 0. The van der Waals surface area contributed by atoms with Gasteiger partial charge in [-0.15, -0.1) is 0 Å². The van der Waals surface area contributed by atoms with E-state index in [0.29, 0.717) is 11.1 Å². The van der Waals surface area contributed by atoms with Gasteiger partial charge in [-0.05, 0) is 24.3 Å². The summed E-state index contributed by atoms with van der Waals surface area (Å²) in [6.07, 6.45) is 1.04. The predicted molar refractivity (Wildman–Crippen MR) is 88.6 cm³/mol. The first-order valence-electron chi connectivity index (χ1n) is 8.32. The van der Waals surface area contributed by atoms with E-state index in [1.54, 1.807) is 42.6 Å². The number of esters is 2. The van der Waals surface area contributed by atoms with Crippen LogP contribution in [0, 0.1) is 0 Å². The Bertz CT molecular complexity index is 714. The molecule has 1 aromatic heterocycles. The number of nitrogens with zero attached hydrogens (tertiary/aromatic N) is 1. The van der Waals surface area contributed by atoms with Gasteiger partial charge in [0.15, 0.2) is 12.2 Å². The Labute approximate surface area is 149 Å². The molecule has 0 amide bonds. The summed E-state index contributed by atoms with van der Waals surface area (Å²) in [5.74, 6) is -0.917. The lowest BCUT2D eigenvalue weighted by Crippen LogP contribution is -2.36. The van der Waals surface area contributed by atoms with Crippen LogP contribution in [0.1, 0.15) is 20.7 Å². The maximum absolute atomic E-state index is 12.2. The summed E-state index contributed by atoms with van der Waals surface area (Å²) in [5, 5.41) is 0. The Morgan fingerprint density at radius 2 is 1.42 bits per heavy atom. The zero-order valence-corrected chi connectivity index (χ0v) is 13.8. The van der Waals surface area contributed by atoms with E-state index < -0.39 is 36.4 Å². The number of carbonyl (C=O) groups excluding carboxylic acids is 2. The first-order valence-corrected chi connectivity index (χ1v) is 8.32. The predicted octanol–water partition coefficient (Wildman–Crippen LogP) is 1.63. The fraction of sp³-hybridized carbons (Fsp3) is 0.316. The van der Waals surface area contributed by atoms with Crippen LogP contribution in [0.15, 0.2) is 54.9 Å². The third kappa shape index (κ3) is 3.31. The van der Waals surface area contributed by atoms with E-state index in [4.69, 9.17) is 18.9 Å². The van der Waals surface area contributed by atoms with Crippen LogP contribution in [0.3, 0.4) is 0 Å². The highest BCUT2D eigenvalue weighted by Gasteiger charge is 2.51. The van der Waals surface area contributed by atoms with Crippen molar-refractivity contribution in [2.75, 3.05) is 13.2 Å². The number of aromatic nitrogens is 1. The molecule has 2 unspecified atom stereocenters. The Kier molecular flexibility index (Phi) is 4.64. The molecule has 0 radical (unpaired) electrons. The van der Waals surface area contributed by atoms with Gasteiger partial charge in [-0.2, -0.15) is 0 Å². The molecule has 0 bridgehead atoms. The van der Waals surface area contributed by atoms with Crippen molar-refractivity contribution in [3.8, 4) is 0 Å². The second kappa shape index (κ2) is 7.23. The normalized spacial score (nSPS) is 26.9. The minimum absolute atomic E-state index is 0.195. The molecule has 2 aliphatic heterocycles. The fourth-order valence-electron chi connectivity index (χ4n) is 3.10. The average Bonchev–Trinajstić information content (AvgIpc) is 3.27. The van der Waals surface area contributed by atoms with Crippen LogP contribution < -0.4 is 0 Å². The molecule has 26 heavy (non-hydrogen) atoms. The van der Waals surface area contributed by atoms with Crippen molar-refractivity contribution in [1.29, 1.82) is 0 Å². The first kappa shape index (κ1) is 16.7. The van der Waals surface area contributed by atoms with Crippen molar-refractivity contribution in [1.82, 2.24) is 4.98 Å². The zero-order chi connectivity index (χ0) is 17.9. The number of ether oxygens (including phenoxy) is 4. The monoisotopic (exact) mass is 355 g/mol. The zero-order valence-electron chi connectivity index (χ0n) is 13.8. The summed E-state index contributed by atoms with van der Waals surface area (Å²) in [7, 11) is 0. The minimum atomic E-state index is -0.548. The fourth-order valence-corrected chi connectivity index (χ4v) is 3.10. The first-order chi connectivity index (χ1) is 12.7. The van der Waals surface area contributed by atoms with Crippen LogP contribution in [0.4, 0.5) is 0 Å². The van der Waals surface area contributed by atoms with Gasteiger partial charge in [0.1, 0.15) is 12.2 Å². The average molecular weight is 355 g/mol. The van der Waals surface area contributed by atoms with E-state index in [1.807, 2.05) is 6.07 Å². The molecule has 2 saturated heterocycles. The molecule has 4 rings (SSSR count). The molecular formula is C19H17NO6. The number of benzene rings is 1. The van der Waals surface area contributed by atoms with E-state index in [2.05, 4.69) is 4.98 Å². The van der Waals surface area contributed by atoms with Crippen LogP contribution in [0.5, 0.6) is 0 Å². The molecule has 2 aliphatic rings. The third-order valence-electron chi connectivity index (χ3n) is 4.39. The molecule has 7 nitrogen and oxygen atoms in total. The summed E-state index contributed by atoms with van der Waals surface area (Å²) in [5.41, 5.74) is 0.828. The minimum Gasteiger partial charge on any atom is -0.453 e. The molecule has 0 aliphatic carbocycles. The second-order valence-electron chi connectivity index (χ2n) is 6.09. The molecular weight excluding hydrogens is 338 g/mol. The van der Waals surface area contributed by atoms with Gasteiger partial charge in [0.05, 0.1) is 24.3 Å². The molecule has 0 spiro atoms. The number of carbonyl (C=O) groups is 2. The molecule has 2 fully saturated rings. The van der Waals surface area contributed by atoms with E-state index >= 15 is 0 Å². The molecule has 0 N–H and O–H groups in total. The van der Waals surface area contributed by atoms with Gasteiger partial charge >= 0.3 is 11.9 Å². The lowest BCUT2D eigenvalue weighted by Gasteiger charge is -2.17. The van der Waals surface area contributed by atoms with Crippen LogP contribution >= 0.6 is 0 Å².